The molecule has 0 radical (unpaired) electrons. The Morgan fingerprint density at radius 1 is 0.930 bits per heavy atom. The van der Waals surface area contributed by atoms with Crippen LogP contribution in [0, 0.1) is 29.6 Å². The van der Waals surface area contributed by atoms with Crippen molar-refractivity contribution in [3.63, 3.8) is 0 Å². The number of hydrogen-bond donors (Lipinski definition) is 3. The van der Waals surface area contributed by atoms with Crippen LogP contribution in [0.15, 0.2) is 36.0 Å². The highest BCUT2D eigenvalue weighted by Gasteiger charge is 2.56. The molecule has 4 rings (SSSR count). The number of esters is 1. The number of Topliss-reactive ketones (excluding diaryl/α,β-unsaturated/α-hetero) is 2. The third kappa shape index (κ3) is 11.3. The number of carbonyl (C=O) groups is 4. The van der Waals surface area contributed by atoms with Crippen LogP contribution >= 0.6 is 0 Å². The molecule has 2 saturated heterocycles. The van der Waals surface area contributed by atoms with Crippen molar-refractivity contribution in [2.75, 3.05) is 27.9 Å². The molecular formula is C44H69NO12. The van der Waals surface area contributed by atoms with E-state index in [4.69, 9.17) is 23.7 Å². The van der Waals surface area contributed by atoms with Gasteiger partial charge in [-0.2, -0.15) is 0 Å². The monoisotopic (exact) mass is 803 g/mol. The van der Waals surface area contributed by atoms with Crippen molar-refractivity contribution in [3.8, 4) is 0 Å². The third-order valence-corrected chi connectivity index (χ3v) is 12.9. The van der Waals surface area contributed by atoms with E-state index in [1.807, 2.05) is 32.9 Å². The smallest absolute Gasteiger partial charge is 0.329 e. The lowest BCUT2D eigenvalue weighted by molar-refractivity contribution is -0.302. The summed E-state index contributed by atoms with van der Waals surface area (Å²) < 4.78 is 29.7. The van der Waals surface area contributed by atoms with Crippen molar-refractivity contribution in [1.29, 1.82) is 0 Å². The molecule has 322 valence electrons. The Labute approximate surface area is 339 Å². The van der Waals surface area contributed by atoms with Gasteiger partial charge in [0.1, 0.15) is 24.0 Å². The maximum Gasteiger partial charge on any atom is 0.329 e. The minimum atomic E-state index is -2.51. The zero-order chi connectivity index (χ0) is 42.2. The van der Waals surface area contributed by atoms with Crippen LogP contribution in [0.2, 0.25) is 0 Å². The van der Waals surface area contributed by atoms with Gasteiger partial charge in [0.05, 0.1) is 30.5 Å². The van der Waals surface area contributed by atoms with Gasteiger partial charge in [-0.25, -0.2) is 4.79 Å². The molecule has 1 amide bonds. The molecule has 0 spiro atoms. The first kappa shape index (κ1) is 46.9. The number of aliphatic hydroxyl groups is 3. The number of aliphatic hydroxyl groups excluding tert-OH is 2. The van der Waals surface area contributed by atoms with Crippen LogP contribution in [-0.2, 0) is 42.9 Å². The van der Waals surface area contributed by atoms with Crippen LogP contribution < -0.4 is 0 Å². The average Bonchev–Trinajstić information content (AvgIpc) is 3.18. The number of piperidine rings is 1. The lowest BCUT2D eigenvalue weighted by atomic mass is 9.81. The number of ketones is 2. The van der Waals surface area contributed by atoms with Gasteiger partial charge < -0.3 is 43.9 Å². The summed E-state index contributed by atoms with van der Waals surface area (Å²) in [4.78, 5) is 57.8. The zero-order valence-corrected chi connectivity index (χ0v) is 35.4. The highest BCUT2D eigenvalue weighted by Crippen LogP contribution is 2.39. The molecule has 2 bridgehead atoms. The summed E-state index contributed by atoms with van der Waals surface area (Å²) >= 11 is 0. The third-order valence-electron chi connectivity index (χ3n) is 12.9. The summed E-state index contributed by atoms with van der Waals surface area (Å²) in [5.74, 6) is -7.76. The van der Waals surface area contributed by atoms with E-state index in [0.717, 1.165) is 5.57 Å². The van der Waals surface area contributed by atoms with Gasteiger partial charge in [0.25, 0.3) is 11.7 Å². The average molecular weight is 804 g/mol. The minimum absolute atomic E-state index is 0.00988. The molecule has 3 fully saturated rings. The maximum atomic E-state index is 14.3. The minimum Gasteiger partial charge on any atom is -0.456 e. The van der Waals surface area contributed by atoms with Crippen molar-refractivity contribution >= 4 is 23.4 Å². The van der Waals surface area contributed by atoms with Gasteiger partial charge in [-0.15, -0.1) is 6.58 Å². The maximum absolute atomic E-state index is 14.3. The molecular weight excluding hydrogens is 734 g/mol. The number of carbonyl (C=O) groups excluding carboxylic acids is 4. The fraction of sp³-hybridized carbons (Fsp3) is 0.773. The van der Waals surface area contributed by atoms with Crippen LogP contribution in [-0.4, -0.2) is 126 Å². The Balaban J connectivity index is 1.78. The van der Waals surface area contributed by atoms with Crippen molar-refractivity contribution in [1.82, 2.24) is 4.90 Å². The van der Waals surface area contributed by atoms with Crippen LogP contribution in [0.25, 0.3) is 0 Å². The first-order chi connectivity index (χ1) is 27.0. The number of allylic oxidation sites excluding steroid dienone is 4. The molecule has 13 heteroatoms. The lowest BCUT2D eigenvalue weighted by Gasteiger charge is -2.47. The van der Waals surface area contributed by atoms with Gasteiger partial charge in [-0.3, -0.25) is 14.4 Å². The van der Waals surface area contributed by atoms with Gasteiger partial charge in [0.2, 0.25) is 5.79 Å². The Morgan fingerprint density at radius 3 is 2.25 bits per heavy atom. The van der Waals surface area contributed by atoms with E-state index in [-0.39, 0.29) is 49.5 Å². The summed E-state index contributed by atoms with van der Waals surface area (Å²) in [6, 6.07) is -1.14. The van der Waals surface area contributed by atoms with E-state index < -0.39 is 83.9 Å². The molecule has 4 aliphatic rings. The van der Waals surface area contributed by atoms with Gasteiger partial charge >= 0.3 is 5.97 Å². The molecule has 14 atom stereocenters. The largest absolute Gasteiger partial charge is 0.456 e. The highest BCUT2D eigenvalue weighted by molar-refractivity contribution is 6.39. The zero-order valence-electron chi connectivity index (χ0n) is 35.4. The lowest BCUT2D eigenvalue weighted by Crippen LogP contribution is -2.64. The second kappa shape index (κ2) is 21.0. The van der Waals surface area contributed by atoms with E-state index in [9.17, 15) is 34.5 Å². The number of ether oxygens (including phenoxy) is 5. The second-order valence-corrected chi connectivity index (χ2v) is 17.3. The highest BCUT2D eigenvalue weighted by atomic mass is 16.7. The van der Waals surface area contributed by atoms with Crippen LogP contribution in [0.1, 0.15) is 105 Å². The predicted molar refractivity (Wildman–Crippen MR) is 213 cm³/mol. The van der Waals surface area contributed by atoms with E-state index in [0.29, 0.717) is 56.9 Å². The molecule has 3 N–H and O–H groups in total. The SMILES string of the molecule is C=CC[C@@H]1/C=C(\C)C[C@H](C)C[C@H](OC)[C@H]2O[C@@](O)(C(=O)C(=O)N3CCCC[C@H]3C(=O)OC(/C(C)=C/[C@@H]3CC[C@@H](O)C(OC)C3)[C@H](C)[C@@H](O)CC1=O)[C@H](C)C[C@@H]2OC. The van der Waals surface area contributed by atoms with Gasteiger partial charge in [0.15, 0.2) is 0 Å². The van der Waals surface area contributed by atoms with E-state index in [2.05, 4.69) is 6.58 Å². The first-order valence-electron chi connectivity index (χ1n) is 20.9. The van der Waals surface area contributed by atoms with E-state index >= 15 is 0 Å². The molecule has 0 aromatic heterocycles. The number of cyclic esters (lactones) is 1. The summed E-state index contributed by atoms with van der Waals surface area (Å²) in [5, 5.41) is 34.1. The van der Waals surface area contributed by atoms with Crippen molar-refractivity contribution in [2.24, 2.45) is 29.6 Å². The number of nitrogens with zero attached hydrogens (tertiary/aromatic N) is 1. The molecule has 3 aliphatic heterocycles. The number of fused-ring (bicyclic) bond motifs is 3. The van der Waals surface area contributed by atoms with Crippen LogP contribution in [0.4, 0.5) is 0 Å². The first-order valence-corrected chi connectivity index (χ1v) is 20.9. The van der Waals surface area contributed by atoms with Crippen LogP contribution in [0.5, 0.6) is 0 Å². The van der Waals surface area contributed by atoms with Gasteiger partial charge in [0, 0.05) is 52.0 Å². The number of rotatable bonds is 7. The molecule has 3 heterocycles. The Hall–Kier alpha value is -2.78. The van der Waals surface area contributed by atoms with Gasteiger partial charge in [-0.05, 0) is 95.5 Å². The fourth-order valence-electron chi connectivity index (χ4n) is 9.42. The normalized spacial score (nSPS) is 41.0. The quantitative estimate of drug-likeness (QED) is 0.185. The summed E-state index contributed by atoms with van der Waals surface area (Å²) in [5.41, 5.74) is 1.61. The fourth-order valence-corrected chi connectivity index (χ4v) is 9.42. The second-order valence-electron chi connectivity index (χ2n) is 17.3. The Kier molecular flexibility index (Phi) is 17.2. The van der Waals surface area contributed by atoms with Crippen LogP contribution in [0.3, 0.4) is 0 Å². The number of hydrogen-bond acceptors (Lipinski definition) is 12. The van der Waals surface area contributed by atoms with E-state index in [1.54, 1.807) is 27.0 Å². The van der Waals surface area contributed by atoms with Gasteiger partial charge in [-0.1, -0.05) is 44.6 Å². The topological polar surface area (TPSA) is 178 Å². The van der Waals surface area contributed by atoms with Crippen molar-refractivity contribution < 1.29 is 58.2 Å². The molecule has 0 aromatic rings. The Bertz CT molecular complexity index is 1480. The summed E-state index contributed by atoms with van der Waals surface area (Å²) in [6.07, 6.45) is 4.93. The summed E-state index contributed by atoms with van der Waals surface area (Å²) in [6.45, 7) is 13.1. The molecule has 57 heavy (non-hydrogen) atoms. The molecule has 0 aromatic carbocycles. The van der Waals surface area contributed by atoms with Crippen molar-refractivity contribution in [3.05, 3.63) is 36.0 Å². The standard InChI is InChI=1S/C44H69NO12/c1-10-13-31-19-25(2)18-26(3)20-37(54-8)40-38(55-9)22-28(5)44(52,57-40)41(49)42(50)45-17-12-11-14-32(45)43(51)56-39(29(6)34(47)24-35(31)48)27(4)21-30-15-16-33(46)36(23-30)53-7/h10,19,21,26,28-34,36-40,46-47,52H,1,11-18,20,22-24H2,2-9H3/b25-19+,27-21+/t26-,28+,29+,30-,31+,32-,33+,34-,36?,37-,38-,39?,40+,44+/m0/s1. The van der Waals surface area contributed by atoms with Crippen molar-refractivity contribution in [2.45, 2.75) is 160 Å². The number of amides is 1. The molecule has 1 aliphatic carbocycles. The molecule has 2 unspecified atom stereocenters. The van der Waals surface area contributed by atoms with E-state index in [1.165, 1.54) is 19.1 Å². The number of methoxy groups -OCH3 is 3. The Morgan fingerprint density at radius 2 is 1.60 bits per heavy atom. The summed E-state index contributed by atoms with van der Waals surface area (Å²) in [7, 11) is 4.61. The molecule has 1 saturated carbocycles. The molecule has 13 nitrogen and oxygen atoms in total. The predicted octanol–water partition coefficient (Wildman–Crippen LogP) is 4.64.